The minimum absolute atomic E-state index is 0.0937. The van der Waals surface area contributed by atoms with Gasteiger partial charge in [-0.25, -0.2) is 8.78 Å². The average Bonchev–Trinajstić information content (AvgIpc) is 2.90. The molecule has 1 saturated carbocycles. The summed E-state index contributed by atoms with van der Waals surface area (Å²) in [7, 11) is 0. The summed E-state index contributed by atoms with van der Waals surface area (Å²) in [5, 5.41) is 19.5. The van der Waals surface area contributed by atoms with E-state index in [4.69, 9.17) is 4.74 Å². The Kier molecular flexibility index (Phi) is 3.63. The van der Waals surface area contributed by atoms with Gasteiger partial charge in [0.05, 0.1) is 0 Å². The van der Waals surface area contributed by atoms with Crippen molar-refractivity contribution in [3.05, 3.63) is 53.1 Å². The molecule has 0 aromatic heterocycles. The summed E-state index contributed by atoms with van der Waals surface area (Å²) in [4.78, 5) is 0. The van der Waals surface area contributed by atoms with Gasteiger partial charge in [-0.3, -0.25) is 0 Å². The second kappa shape index (κ2) is 5.61. The molecular weight excluding hydrogens is 326 g/mol. The lowest BCUT2D eigenvalue weighted by Crippen LogP contribution is -2.27. The lowest BCUT2D eigenvalue weighted by Gasteiger charge is -2.37. The van der Waals surface area contributed by atoms with Gasteiger partial charge in [0.15, 0.2) is 0 Å². The second-order valence-corrected chi connectivity index (χ2v) is 7.04. The topological polar surface area (TPSA) is 49.7 Å². The molecule has 4 rings (SSSR count). The number of alkyl halides is 2. The maximum absolute atomic E-state index is 14.2. The maximum Gasteiger partial charge on any atom is 0.249 e. The standard InChI is InChI=1S/C20H20F2O3/c1-2-11-7-14(24)8-15-16-9-20(21,22)10-17(16)19(25-18(11)15)12-3-5-13(23)6-4-12/h3-8,16-17,19,23-24H,2,9-10H2,1H3/t16-,17-,19?/m1/s1. The fourth-order valence-electron chi connectivity index (χ4n) is 4.27. The van der Waals surface area contributed by atoms with Crippen molar-refractivity contribution in [1.29, 1.82) is 0 Å². The van der Waals surface area contributed by atoms with Gasteiger partial charge in [-0.2, -0.15) is 0 Å². The fraction of sp³-hybridized carbons (Fsp3) is 0.400. The summed E-state index contributed by atoms with van der Waals surface area (Å²) >= 11 is 0. The Morgan fingerprint density at radius 2 is 1.80 bits per heavy atom. The van der Waals surface area contributed by atoms with Gasteiger partial charge < -0.3 is 14.9 Å². The van der Waals surface area contributed by atoms with Crippen LogP contribution in [0.25, 0.3) is 0 Å². The molecule has 132 valence electrons. The molecule has 2 aliphatic rings. The smallest absolute Gasteiger partial charge is 0.249 e. The maximum atomic E-state index is 14.2. The molecule has 2 aromatic rings. The third-order valence-electron chi connectivity index (χ3n) is 5.38. The van der Waals surface area contributed by atoms with E-state index in [9.17, 15) is 19.0 Å². The van der Waals surface area contributed by atoms with Crippen molar-refractivity contribution in [3.63, 3.8) is 0 Å². The van der Waals surface area contributed by atoms with Gasteiger partial charge in [0.1, 0.15) is 23.4 Å². The first-order chi connectivity index (χ1) is 11.9. The molecule has 1 fully saturated rings. The highest BCUT2D eigenvalue weighted by Crippen LogP contribution is 2.59. The van der Waals surface area contributed by atoms with Gasteiger partial charge in [-0.05, 0) is 41.8 Å². The molecule has 1 unspecified atom stereocenters. The number of hydrogen-bond donors (Lipinski definition) is 2. The second-order valence-electron chi connectivity index (χ2n) is 7.04. The van der Waals surface area contributed by atoms with Crippen LogP contribution in [0.5, 0.6) is 17.2 Å². The zero-order chi connectivity index (χ0) is 17.8. The summed E-state index contributed by atoms with van der Waals surface area (Å²) in [6.07, 6.45) is -0.303. The number of phenols is 2. The Hall–Kier alpha value is -2.30. The molecule has 3 atom stereocenters. The Balaban J connectivity index is 1.84. The number of aromatic hydroxyl groups is 2. The summed E-state index contributed by atoms with van der Waals surface area (Å²) < 4.78 is 34.7. The zero-order valence-corrected chi connectivity index (χ0v) is 13.9. The van der Waals surface area contributed by atoms with E-state index in [1.54, 1.807) is 36.4 Å². The molecule has 0 bridgehead atoms. The molecule has 3 nitrogen and oxygen atoms in total. The van der Waals surface area contributed by atoms with Gasteiger partial charge in [0.25, 0.3) is 0 Å². The van der Waals surface area contributed by atoms with Gasteiger partial charge >= 0.3 is 0 Å². The lowest BCUT2D eigenvalue weighted by molar-refractivity contribution is -0.00236. The van der Waals surface area contributed by atoms with Crippen molar-refractivity contribution in [3.8, 4) is 17.2 Å². The number of phenolic OH excluding ortho intramolecular Hbond substituents is 2. The predicted octanol–water partition coefficient (Wildman–Crippen LogP) is 4.92. The number of hydrogen-bond acceptors (Lipinski definition) is 3. The number of benzene rings is 2. The molecule has 0 amide bonds. The van der Waals surface area contributed by atoms with E-state index in [0.717, 1.165) is 11.1 Å². The largest absolute Gasteiger partial charge is 0.508 e. The minimum Gasteiger partial charge on any atom is -0.508 e. The van der Waals surface area contributed by atoms with Crippen LogP contribution in [0.2, 0.25) is 0 Å². The number of aryl methyl sites for hydroxylation is 1. The number of halogens is 2. The molecule has 1 heterocycles. The van der Waals surface area contributed by atoms with Gasteiger partial charge in [0.2, 0.25) is 5.92 Å². The third-order valence-corrected chi connectivity index (χ3v) is 5.38. The monoisotopic (exact) mass is 346 g/mol. The van der Waals surface area contributed by atoms with Crippen LogP contribution in [0, 0.1) is 5.92 Å². The molecule has 5 heteroatoms. The van der Waals surface area contributed by atoms with Crippen LogP contribution < -0.4 is 4.74 Å². The molecule has 1 aliphatic carbocycles. The highest BCUT2D eigenvalue weighted by molar-refractivity contribution is 5.51. The average molecular weight is 346 g/mol. The van der Waals surface area contributed by atoms with Crippen LogP contribution in [0.3, 0.4) is 0 Å². The summed E-state index contributed by atoms with van der Waals surface area (Å²) in [6, 6.07) is 9.76. The van der Waals surface area contributed by atoms with E-state index in [1.165, 1.54) is 0 Å². The molecule has 2 N–H and O–H groups in total. The Morgan fingerprint density at radius 1 is 1.08 bits per heavy atom. The first-order valence-electron chi connectivity index (χ1n) is 8.57. The van der Waals surface area contributed by atoms with Gasteiger partial charge in [-0.15, -0.1) is 0 Å². The first-order valence-corrected chi connectivity index (χ1v) is 8.57. The zero-order valence-electron chi connectivity index (χ0n) is 13.9. The van der Waals surface area contributed by atoms with Crippen molar-refractivity contribution in [2.75, 3.05) is 0 Å². The third kappa shape index (κ3) is 2.71. The van der Waals surface area contributed by atoms with E-state index in [2.05, 4.69) is 0 Å². The molecular formula is C20H20F2O3. The minimum atomic E-state index is -2.74. The number of ether oxygens (including phenoxy) is 1. The van der Waals surface area contributed by atoms with Crippen molar-refractivity contribution >= 4 is 0 Å². The fourth-order valence-corrected chi connectivity index (χ4v) is 4.27. The lowest BCUT2D eigenvalue weighted by atomic mass is 9.79. The molecule has 25 heavy (non-hydrogen) atoms. The Labute approximate surface area is 144 Å². The van der Waals surface area contributed by atoms with Crippen molar-refractivity contribution in [2.24, 2.45) is 5.92 Å². The summed E-state index contributed by atoms with van der Waals surface area (Å²) in [5.41, 5.74) is 2.30. The van der Waals surface area contributed by atoms with E-state index >= 15 is 0 Å². The predicted molar refractivity (Wildman–Crippen MR) is 89.4 cm³/mol. The molecule has 0 radical (unpaired) electrons. The van der Waals surface area contributed by atoms with Gasteiger partial charge in [0, 0.05) is 30.2 Å². The SMILES string of the molecule is CCc1cc(O)cc2c1OC(c1ccc(O)cc1)[C@@H]1CC(F)(F)C[C@H]21. The van der Waals surface area contributed by atoms with Crippen LogP contribution in [0.1, 0.15) is 48.5 Å². The Bertz CT molecular complexity index is 801. The van der Waals surface area contributed by atoms with Crippen molar-refractivity contribution < 1.29 is 23.7 Å². The molecule has 0 saturated heterocycles. The highest BCUT2D eigenvalue weighted by Gasteiger charge is 2.53. The Morgan fingerprint density at radius 3 is 2.48 bits per heavy atom. The quantitative estimate of drug-likeness (QED) is 0.811. The van der Waals surface area contributed by atoms with E-state index in [1.807, 2.05) is 6.92 Å². The normalized spacial score (nSPS) is 26.6. The first kappa shape index (κ1) is 16.2. The molecule has 2 aromatic carbocycles. The van der Waals surface area contributed by atoms with E-state index < -0.39 is 12.0 Å². The number of rotatable bonds is 2. The van der Waals surface area contributed by atoms with E-state index in [-0.39, 0.29) is 36.2 Å². The van der Waals surface area contributed by atoms with Crippen molar-refractivity contribution in [1.82, 2.24) is 0 Å². The van der Waals surface area contributed by atoms with Crippen LogP contribution >= 0.6 is 0 Å². The van der Waals surface area contributed by atoms with Crippen LogP contribution in [0.15, 0.2) is 36.4 Å². The van der Waals surface area contributed by atoms with Crippen molar-refractivity contribution in [2.45, 2.75) is 44.1 Å². The number of fused-ring (bicyclic) bond motifs is 3. The molecule has 1 aliphatic heterocycles. The summed E-state index contributed by atoms with van der Waals surface area (Å²) in [5.74, 6) is -2.61. The van der Waals surface area contributed by atoms with Crippen LogP contribution in [-0.4, -0.2) is 16.1 Å². The van der Waals surface area contributed by atoms with Gasteiger partial charge in [-0.1, -0.05) is 19.1 Å². The summed E-state index contributed by atoms with van der Waals surface area (Å²) in [6.45, 7) is 1.95. The van der Waals surface area contributed by atoms with Crippen LogP contribution in [-0.2, 0) is 6.42 Å². The highest BCUT2D eigenvalue weighted by atomic mass is 19.3. The van der Waals surface area contributed by atoms with Crippen LogP contribution in [0.4, 0.5) is 8.78 Å². The molecule has 0 spiro atoms. The van der Waals surface area contributed by atoms with E-state index in [0.29, 0.717) is 17.7 Å².